The Hall–Kier alpha value is -0.900. The van der Waals surface area contributed by atoms with E-state index in [-0.39, 0.29) is 0 Å². The maximum atomic E-state index is 6.11. The van der Waals surface area contributed by atoms with Gasteiger partial charge < -0.3 is 5.73 Å². The van der Waals surface area contributed by atoms with Crippen LogP contribution in [0.4, 0.5) is 5.69 Å². The molecule has 2 N–H and O–H groups in total. The monoisotopic (exact) mass is 284 g/mol. The second-order valence-electron chi connectivity index (χ2n) is 3.42. The molecule has 2 nitrogen and oxygen atoms in total. The molecule has 17 heavy (non-hydrogen) atoms. The van der Waals surface area contributed by atoms with Gasteiger partial charge in [-0.1, -0.05) is 35.3 Å². The first-order valence-corrected chi connectivity index (χ1v) is 6.68. The summed E-state index contributed by atoms with van der Waals surface area (Å²) in [5.74, 6) is 0.730. The topological polar surface area (TPSA) is 38.9 Å². The molecule has 88 valence electrons. The van der Waals surface area contributed by atoms with E-state index in [2.05, 4.69) is 4.98 Å². The third-order valence-electron chi connectivity index (χ3n) is 2.22. The molecular formula is C12H10Cl2N2S. The number of aromatic nitrogens is 1. The standard InChI is InChI=1S/C12H10Cl2N2S/c13-9-3-1-2-8(12(9)14)7-17-11-4-5-16-6-10(11)15/h1-6H,7,15H2. The van der Waals surface area contributed by atoms with Crippen LogP contribution in [0, 0.1) is 0 Å². The molecule has 0 aliphatic rings. The predicted octanol–water partition coefficient (Wildman–Crippen LogP) is 4.26. The van der Waals surface area contributed by atoms with Crippen LogP contribution in [0.5, 0.6) is 0 Å². The molecule has 0 bridgehead atoms. The van der Waals surface area contributed by atoms with Crippen molar-refractivity contribution in [3.8, 4) is 0 Å². The fourth-order valence-electron chi connectivity index (χ4n) is 1.34. The fourth-order valence-corrected chi connectivity index (χ4v) is 2.73. The fraction of sp³-hybridized carbons (Fsp3) is 0.0833. The Morgan fingerprint density at radius 1 is 1.24 bits per heavy atom. The van der Waals surface area contributed by atoms with E-state index in [1.165, 1.54) is 0 Å². The highest BCUT2D eigenvalue weighted by Gasteiger charge is 2.06. The van der Waals surface area contributed by atoms with Crippen LogP contribution in [0.25, 0.3) is 0 Å². The van der Waals surface area contributed by atoms with E-state index in [9.17, 15) is 0 Å². The van der Waals surface area contributed by atoms with Gasteiger partial charge in [0.15, 0.2) is 0 Å². The molecule has 5 heteroatoms. The molecule has 0 saturated carbocycles. The Labute approximate surface area is 114 Å². The number of hydrogen-bond acceptors (Lipinski definition) is 3. The van der Waals surface area contributed by atoms with Gasteiger partial charge in [0, 0.05) is 16.8 Å². The summed E-state index contributed by atoms with van der Waals surface area (Å²) in [4.78, 5) is 4.94. The number of anilines is 1. The summed E-state index contributed by atoms with van der Waals surface area (Å²) >= 11 is 13.7. The van der Waals surface area contributed by atoms with E-state index in [0.29, 0.717) is 15.7 Å². The van der Waals surface area contributed by atoms with Crippen LogP contribution < -0.4 is 5.73 Å². The average Bonchev–Trinajstić information content (AvgIpc) is 2.33. The molecule has 0 unspecified atom stereocenters. The quantitative estimate of drug-likeness (QED) is 0.856. The molecular weight excluding hydrogens is 275 g/mol. The predicted molar refractivity (Wildman–Crippen MR) is 74.7 cm³/mol. The zero-order valence-corrected chi connectivity index (χ0v) is 11.2. The van der Waals surface area contributed by atoms with Crippen LogP contribution in [-0.4, -0.2) is 4.98 Å². The Bertz CT molecular complexity index is 532. The molecule has 0 amide bonds. The first-order valence-electron chi connectivity index (χ1n) is 4.93. The minimum atomic E-state index is 0.576. The van der Waals surface area contributed by atoms with Crippen molar-refractivity contribution in [1.82, 2.24) is 4.98 Å². The Morgan fingerprint density at radius 3 is 2.82 bits per heavy atom. The molecule has 0 fully saturated rings. The third-order valence-corrected chi connectivity index (χ3v) is 4.22. The van der Waals surface area contributed by atoms with Crippen LogP contribution in [0.3, 0.4) is 0 Å². The molecule has 0 aliphatic carbocycles. The lowest BCUT2D eigenvalue weighted by Gasteiger charge is -2.07. The lowest BCUT2D eigenvalue weighted by molar-refractivity contribution is 1.26. The van der Waals surface area contributed by atoms with Crippen molar-refractivity contribution < 1.29 is 0 Å². The van der Waals surface area contributed by atoms with Crippen LogP contribution in [0.1, 0.15) is 5.56 Å². The smallest absolute Gasteiger partial charge is 0.0638 e. The number of rotatable bonds is 3. The van der Waals surface area contributed by atoms with E-state index >= 15 is 0 Å². The second kappa shape index (κ2) is 5.63. The Kier molecular flexibility index (Phi) is 4.15. The number of nitrogen functional groups attached to an aromatic ring is 1. The van der Waals surface area contributed by atoms with E-state index < -0.39 is 0 Å². The molecule has 0 saturated heterocycles. The van der Waals surface area contributed by atoms with Crippen molar-refractivity contribution in [2.45, 2.75) is 10.6 Å². The van der Waals surface area contributed by atoms with Gasteiger partial charge in [-0.3, -0.25) is 4.98 Å². The number of pyridine rings is 1. The van der Waals surface area contributed by atoms with Gasteiger partial charge in [-0.25, -0.2) is 0 Å². The first-order chi connectivity index (χ1) is 8.18. The minimum Gasteiger partial charge on any atom is -0.397 e. The highest BCUT2D eigenvalue weighted by Crippen LogP contribution is 2.32. The summed E-state index contributed by atoms with van der Waals surface area (Å²) in [5, 5.41) is 1.18. The van der Waals surface area contributed by atoms with Gasteiger partial charge >= 0.3 is 0 Å². The van der Waals surface area contributed by atoms with Gasteiger partial charge in [-0.15, -0.1) is 11.8 Å². The highest BCUT2D eigenvalue weighted by molar-refractivity contribution is 7.98. The summed E-state index contributed by atoms with van der Waals surface area (Å²) in [6.07, 6.45) is 3.36. The number of benzene rings is 1. The number of nitrogens with zero attached hydrogens (tertiary/aromatic N) is 1. The van der Waals surface area contributed by atoms with E-state index in [1.807, 2.05) is 18.2 Å². The van der Waals surface area contributed by atoms with Crippen LogP contribution in [-0.2, 0) is 5.75 Å². The van der Waals surface area contributed by atoms with Gasteiger partial charge in [-0.05, 0) is 17.7 Å². The van der Waals surface area contributed by atoms with Gasteiger partial charge in [0.05, 0.1) is 21.9 Å². The van der Waals surface area contributed by atoms with Gasteiger partial charge in [-0.2, -0.15) is 0 Å². The first kappa shape index (κ1) is 12.6. The molecule has 0 aliphatic heterocycles. The molecule has 0 atom stereocenters. The molecule has 1 aromatic carbocycles. The minimum absolute atomic E-state index is 0.576. The van der Waals surface area contributed by atoms with Crippen molar-refractivity contribution >= 4 is 40.7 Å². The zero-order valence-electron chi connectivity index (χ0n) is 8.86. The molecule has 0 radical (unpaired) electrons. The number of hydrogen-bond donors (Lipinski definition) is 1. The number of halogens is 2. The summed E-state index contributed by atoms with van der Waals surface area (Å²) in [7, 11) is 0. The van der Waals surface area contributed by atoms with E-state index in [0.717, 1.165) is 16.2 Å². The van der Waals surface area contributed by atoms with E-state index in [4.69, 9.17) is 28.9 Å². The lowest BCUT2D eigenvalue weighted by Crippen LogP contribution is -1.90. The molecule has 0 spiro atoms. The Balaban J connectivity index is 2.13. The van der Waals surface area contributed by atoms with Crippen LogP contribution >= 0.6 is 35.0 Å². The average molecular weight is 285 g/mol. The summed E-state index contributed by atoms with van der Waals surface area (Å²) in [5.41, 5.74) is 7.49. The van der Waals surface area contributed by atoms with Gasteiger partial charge in [0.1, 0.15) is 0 Å². The van der Waals surface area contributed by atoms with E-state index in [1.54, 1.807) is 30.2 Å². The normalized spacial score (nSPS) is 10.5. The second-order valence-corrected chi connectivity index (χ2v) is 5.22. The van der Waals surface area contributed by atoms with Crippen LogP contribution in [0.15, 0.2) is 41.6 Å². The molecule has 1 aromatic heterocycles. The highest BCUT2D eigenvalue weighted by atomic mass is 35.5. The summed E-state index contributed by atoms with van der Waals surface area (Å²) in [6.45, 7) is 0. The van der Waals surface area contributed by atoms with Crippen molar-refractivity contribution in [3.05, 3.63) is 52.3 Å². The molecule has 2 rings (SSSR count). The SMILES string of the molecule is Nc1cnccc1SCc1cccc(Cl)c1Cl. The zero-order chi connectivity index (χ0) is 12.3. The third kappa shape index (κ3) is 3.06. The van der Waals surface area contributed by atoms with Crippen molar-refractivity contribution in [3.63, 3.8) is 0 Å². The van der Waals surface area contributed by atoms with Crippen molar-refractivity contribution in [2.75, 3.05) is 5.73 Å². The van der Waals surface area contributed by atoms with Crippen molar-refractivity contribution in [2.24, 2.45) is 0 Å². The Morgan fingerprint density at radius 2 is 2.06 bits per heavy atom. The number of nitrogens with two attached hydrogens (primary N) is 1. The van der Waals surface area contributed by atoms with Crippen molar-refractivity contribution in [1.29, 1.82) is 0 Å². The largest absolute Gasteiger partial charge is 0.397 e. The summed E-state index contributed by atoms with van der Waals surface area (Å²) < 4.78 is 0. The maximum Gasteiger partial charge on any atom is 0.0638 e. The molecule has 1 heterocycles. The van der Waals surface area contributed by atoms with Gasteiger partial charge in [0.2, 0.25) is 0 Å². The van der Waals surface area contributed by atoms with Crippen LogP contribution in [0.2, 0.25) is 10.0 Å². The number of thioether (sulfide) groups is 1. The maximum absolute atomic E-state index is 6.11. The van der Waals surface area contributed by atoms with Gasteiger partial charge in [0.25, 0.3) is 0 Å². The summed E-state index contributed by atoms with van der Waals surface area (Å²) in [6, 6.07) is 7.51. The molecule has 2 aromatic rings. The lowest BCUT2D eigenvalue weighted by atomic mass is 10.2.